The summed E-state index contributed by atoms with van der Waals surface area (Å²) < 4.78 is 0. The van der Waals surface area contributed by atoms with E-state index < -0.39 is 0 Å². The molecule has 1 fully saturated rings. The van der Waals surface area contributed by atoms with Gasteiger partial charge in [-0.25, -0.2) is 0 Å². The first-order valence-corrected chi connectivity index (χ1v) is 8.73. The average molecular weight is 343 g/mol. The van der Waals surface area contributed by atoms with Crippen molar-refractivity contribution in [2.45, 2.75) is 25.9 Å². The number of rotatable bonds is 4. The van der Waals surface area contributed by atoms with Crippen LogP contribution in [0.2, 0.25) is 5.15 Å². The molecule has 0 bridgehead atoms. The van der Waals surface area contributed by atoms with E-state index in [-0.39, 0.29) is 0 Å². The first kappa shape index (κ1) is 16.9. The molecule has 2 atom stereocenters. The van der Waals surface area contributed by atoms with Crippen LogP contribution in [-0.2, 0) is 0 Å². The minimum Gasteiger partial charge on any atom is -0.352 e. The van der Waals surface area contributed by atoms with Gasteiger partial charge < -0.3 is 4.90 Å². The lowest BCUT2D eigenvalue weighted by Crippen LogP contribution is -2.56. The van der Waals surface area contributed by atoms with Crippen LogP contribution in [0.3, 0.4) is 0 Å². The van der Waals surface area contributed by atoms with Gasteiger partial charge in [-0.05, 0) is 31.5 Å². The summed E-state index contributed by atoms with van der Waals surface area (Å²) in [6.07, 6.45) is 4.44. The van der Waals surface area contributed by atoms with E-state index in [1.807, 2.05) is 12.1 Å². The zero-order chi connectivity index (χ0) is 16.9. The summed E-state index contributed by atoms with van der Waals surface area (Å²) >= 11 is 5.83. The summed E-state index contributed by atoms with van der Waals surface area (Å²) in [5, 5.41) is 8.60. The number of aromatic nitrogens is 2. The second-order valence-electron chi connectivity index (χ2n) is 6.33. The van der Waals surface area contributed by atoms with Crippen LogP contribution in [0.25, 0.3) is 6.08 Å². The maximum Gasteiger partial charge on any atom is 0.151 e. The summed E-state index contributed by atoms with van der Waals surface area (Å²) in [5.41, 5.74) is 1.24. The van der Waals surface area contributed by atoms with Crippen LogP contribution in [0.1, 0.15) is 19.4 Å². The molecular weight excluding hydrogens is 320 g/mol. The molecule has 1 aliphatic heterocycles. The van der Waals surface area contributed by atoms with Gasteiger partial charge in [-0.1, -0.05) is 54.1 Å². The van der Waals surface area contributed by atoms with Crippen molar-refractivity contribution in [1.82, 2.24) is 15.1 Å². The van der Waals surface area contributed by atoms with Gasteiger partial charge >= 0.3 is 0 Å². The fourth-order valence-electron chi connectivity index (χ4n) is 3.26. The van der Waals surface area contributed by atoms with Gasteiger partial charge in [0.15, 0.2) is 11.0 Å². The highest BCUT2D eigenvalue weighted by molar-refractivity contribution is 6.29. The standard InChI is InChI=1S/C19H23ClN4/c1-15-13-23(19-11-10-18(20)21-22-19)14-16(2)24(15)12-6-9-17-7-4-3-5-8-17/h3-11,15-16H,12-14H2,1-2H3. The number of nitrogens with zero attached hydrogens (tertiary/aromatic N) is 4. The van der Waals surface area contributed by atoms with Crippen molar-refractivity contribution in [3.63, 3.8) is 0 Å². The first-order valence-electron chi connectivity index (χ1n) is 8.35. The molecule has 24 heavy (non-hydrogen) atoms. The van der Waals surface area contributed by atoms with Crippen LogP contribution in [0.4, 0.5) is 5.82 Å². The summed E-state index contributed by atoms with van der Waals surface area (Å²) in [4.78, 5) is 4.81. The van der Waals surface area contributed by atoms with Crippen LogP contribution < -0.4 is 4.90 Å². The predicted molar refractivity (Wildman–Crippen MR) is 100 cm³/mol. The fourth-order valence-corrected chi connectivity index (χ4v) is 3.36. The summed E-state index contributed by atoms with van der Waals surface area (Å²) in [7, 11) is 0. The lowest BCUT2D eigenvalue weighted by atomic mass is 10.1. The third kappa shape index (κ3) is 4.13. The Morgan fingerprint density at radius 3 is 2.38 bits per heavy atom. The zero-order valence-electron chi connectivity index (χ0n) is 14.1. The van der Waals surface area contributed by atoms with Crippen molar-refractivity contribution < 1.29 is 0 Å². The largest absolute Gasteiger partial charge is 0.352 e. The van der Waals surface area contributed by atoms with Gasteiger partial charge in [0, 0.05) is 31.7 Å². The van der Waals surface area contributed by atoms with E-state index in [0.717, 1.165) is 25.5 Å². The van der Waals surface area contributed by atoms with Crippen molar-refractivity contribution in [2.75, 3.05) is 24.5 Å². The maximum atomic E-state index is 5.83. The molecule has 4 nitrogen and oxygen atoms in total. The molecule has 0 amide bonds. The molecule has 3 rings (SSSR count). The Morgan fingerprint density at radius 1 is 1.04 bits per heavy atom. The molecule has 0 saturated carbocycles. The second kappa shape index (κ2) is 7.77. The van der Waals surface area contributed by atoms with Crippen LogP contribution in [-0.4, -0.2) is 46.8 Å². The van der Waals surface area contributed by atoms with E-state index in [9.17, 15) is 0 Å². The smallest absolute Gasteiger partial charge is 0.151 e. The minimum atomic E-state index is 0.435. The Hall–Kier alpha value is -1.91. The quantitative estimate of drug-likeness (QED) is 0.847. The summed E-state index contributed by atoms with van der Waals surface area (Å²) in [6.45, 7) is 7.38. The molecule has 0 spiro atoms. The monoisotopic (exact) mass is 342 g/mol. The Balaban J connectivity index is 1.61. The van der Waals surface area contributed by atoms with E-state index in [4.69, 9.17) is 11.6 Å². The lowest BCUT2D eigenvalue weighted by Gasteiger charge is -2.44. The summed E-state index contributed by atoms with van der Waals surface area (Å²) in [5.74, 6) is 0.901. The minimum absolute atomic E-state index is 0.435. The molecule has 126 valence electrons. The van der Waals surface area contributed by atoms with Gasteiger partial charge in [0.2, 0.25) is 0 Å². The predicted octanol–water partition coefficient (Wildman–Crippen LogP) is 3.74. The van der Waals surface area contributed by atoms with Crippen LogP contribution >= 0.6 is 11.6 Å². The van der Waals surface area contributed by atoms with Gasteiger partial charge in [0.25, 0.3) is 0 Å². The topological polar surface area (TPSA) is 32.3 Å². The number of halogens is 1. The SMILES string of the molecule is CC1CN(c2ccc(Cl)nn2)CC(C)N1CC=Cc1ccccc1. The van der Waals surface area contributed by atoms with Gasteiger partial charge in [0.05, 0.1) is 0 Å². The van der Waals surface area contributed by atoms with Gasteiger partial charge in [-0.2, -0.15) is 0 Å². The molecule has 5 heteroatoms. The van der Waals surface area contributed by atoms with E-state index in [1.165, 1.54) is 5.56 Å². The molecule has 1 saturated heterocycles. The Kier molecular flexibility index (Phi) is 5.48. The van der Waals surface area contributed by atoms with Crippen LogP contribution in [0.15, 0.2) is 48.5 Å². The highest BCUT2D eigenvalue weighted by atomic mass is 35.5. The molecule has 1 aliphatic rings. The Labute approximate surface area is 148 Å². The van der Waals surface area contributed by atoms with E-state index in [2.05, 4.69) is 70.3 Å². The fraction of sp³-hybridized carbons (Fsp3) is 0.368. The number of piperazine rings is 1. The van der Waals surface area contributed by atoms with Crippen molar-refractivity contribution in [1.29, 1.82) is 0 Å². The number of anilines is 1. The number of hydrogen-bond acceptors (Lipinski definition) is 4. The molecule has 1 aromatic heterocycles. The van der Waals surface area contributed by atoms with Gasteiger partial charge in [-0.3, -0.25) is 4.90 Å². The number of benzene rings is 1. The molecule has 2 unspecified atom stereocenters. The number of hydrogen-bond donors (Lipinski definition) is 0. The van der Waals surface area contributed by atoms with Crippen LogP contribution in [0, 0.1) is 0 Å². The van der Waals surface area contributed by atoms with Crippen molar-refractivity contribution in [2.24, 2.45) is 0 Å². The van der Waals surface area contributed by atoms with E-state index in [1.54, 1.807) is 6.07 Å². The van der Waals surface area contributed by atoms with Crippen LogP contribution in [0.5, 0.6) is 0 Å². The van der Waals surface area contributed by atoms with E-state index >= 15 is 0 Å². The first-order chi connectivity index (χ1) is 11.6. The van der Waals surface area contributed by atoms with Crippen molar-refractivity contribution in [3.05, 3.63) is 59.3 Å². The van der Waals surface area contributed by atoms with Gasteiger partial charge in [-0.15, -0.1) is 10.2 Å². The lowest BCUT2D eigenvalue weighted by molar-refractivity contribution is 0.148. The van der Waals surface area contributed by atoms with Crippen molar-refractivity contribution in [3.8, 4) is 0 Å². The molecule has 2 aromatic rings. The highest BCUT2D eigenvalue weighted by Crippen LogP contribution is 2.21. The normalized spacial score (nSPS) is 22.2. The maximum absolute atomic E-state index is 5.83. The molecule has 0 N–H and O–H groups in total. The van der Waals surface area contributed by atoms with Gasteiger partial charge in [0.1, 0.15) is 0 Å². The molecule has 1 aromatic carbocycles. The molecule has 0 radical (unpaired) electrons. The summed E-state index contributed by atoms with van der Waals surface area (Å²) in [6, 6.07) is 15.1. The Morgan fingerprint density at radius 2 is 1.75 bits per heavy atom. The zero-order valence-corrected chi connectivity index (χ0v) is 14.9. The third-order valence-electron chi connectivity index (χ3n) is 4.47. The van der Waals surface area contributed by atoms with E-state index in [0.29, 0.717) is 17.2 Å². The molecule has 0 aliphatic carbocycles. The second-order valence-corrected chi connectivity index (χ2v) is 6.71. The molecule has 2 heterocycles. The third-order valence-corrected chi connectivity index (χ3v) is 4.67. The highest BCUT2D eigenvalue weighted by Gasteiger charge is 2.29. The molecular formula is C19H23ClN4. The average Bonchev–Trinajstić information content (AvgIpc) is 2.59. The Bertz CT molecular complexity index is 660. The van der Waals surface area contributed by atoms with Crippen molar-refractivity contribution >= 4 is 23.5 Å².